The molecule has 1 fully saturated rings. The van der Waals surface area contributed by atoms with Gasteiger partial charge in [-0.2, -0.15) is 10.4 Å². The molecule has 12 heteroatoms. The van der Waals surface area contributed by atoms with Crippen LogP contribution in [0.5, 0.6) is 0 Å². The van der Waals surface area contributed by atoms with Crippen molar-refractivity contribution >= 4 is 29.3 Å². The third-order valence-corrected chi connectivity index (χ3v) is 8.61. The topological polar surface area (TPSA) is 140 Å². The van der Waals surface area contributed by atoms with Gasteiger partial charge in [-0.05, 0) is 47.7 Å². The molecule has 45 heavy (non-hydrogen) atoms. The van der Waals surface area contributed by atoms with Crippen LogP contribution in [0.4, 0.5) is 10.1 Å². The summed E-state index contributed by atoms with van der Waals surface area (Å²) >= 11 is 0. The lowest BCUT2D eigenvalue weighted by atomic mass is 9.80. The third kappa shape index (κ3) is 6.16. The maximum Gasteiger partial charge on any atom is 0.272 e. The lowest BCUT2D eigenvalue weighted by Crippen LogP contribution is -2.56. The first-order valence-electron chi connectivity index (χ1n) is 14.9. The Morgan fingerprint density at radius 1 is 1.18 bits per heavy atom. The Kier molecular flexibility index (Phi) is 8.73. The van der Waals surface area contributed by atoms with E-state index < -0.39 is 47.1 Å². The molecule has 5 rings (SSSR count). The van der Waals surface area contributed by atoms with Crippen molar-refractivity contribution in [1.29, 1.82) is 5.26 Å². The minimum Gasteiger partial charge on any atom is -0.338 e. The number of likely N-dealkylation sites (tertiary alicyclic amines) is 1. The van der Waals surface area contributed by atoms with Crippen molar-refractivity contribution < 1.29 is 23.6 Å². The van der Waals surface area contributed by atoms with E-state index in [1.54, 1.807) is 19.3 Å². The zero-order chi connectivity index (χ0) is 32.5. The molecule has 0 aliphatic carbocycles. The fraction of sp³-hybridized carbons (Fsp3) is 0.394. The summed E-state index contributed by atoms with van der Waals surface area (Å²) in [5, 5.41) is 19.9. The molecule has 0 unspecified atom stereocenters. The largest absolute Gasteiger partial charge is 0.338 e. The fourth-order valence-corrected chi connectivity index (χ4v) is 6.27. The molecule has 0 bridgehead atoms. The van der Waals surface area contributed by atoms with Crippen LogP contribution in [0, 0.1) is 23.1 Å². The number of aromatic nitrogens is 2. The Morgan fingerprint density at radius 2 is 1.89 bits per heavy atom. The van der Waals surface area contributed by atoms with Crippen LogP contribution in [-0.2, 0) is 33.3 Å². The van der Waals surface area contributed by atoms with Gasteiger partial charge in [-0.25, -0.2) is 4.39 Å². The summed E-state index contributed by atoms with van der Waals surface area (Å²) in [6.45, 7) is 3.84. The number of likely N-dealkylation sites (N-methyl/N-ethyl adjacent to an activating group) is 1. The van der Waals surface area contributed by atoms with E-state index in [2.05, 4.69) is 21.8 Å². The summed E-state index contributed by atoms with van der Waals surface area (Å²) in [4.78, 5) is 57.6. The highest BCUT2D eigenvalue weighted by molar-refractivity contribution is 6.07. The highest BCUT2D eigenvalue weighted by Gasteiger charge is 2.56. The molecule has 0 saturated carbocycles. The van der Waals surface area contributed by atoms with Crippen LogP contribution < -0.4 is 10.6 Å². The average molecular weight is 614 g/mol. The second-order valence-corrected chi connectivity index (χ2v) is 12.2. The first-order chi connectivity index (χ1) is 21.4. The summed E-state index contributed by atoms with van der Waals surface area (Å²) in [6.07, 6.45) is 2.06. The number of carbonyl (C=O) groups is 4. The van der Waals surface area contributed by atoms with Crippen LogP contribution in [-0.4, -0.2) is 74.9 Å². The van der Waals surface area contributed by atoms with Gasteiger partial charge in [0.05, 0.1) is 11.5 Å². The standard InChI is InChI=1S/C33H36FN7O4/c1-20(2)15-28(31(44)41-19-33(17-23(41)18-35)24-7-5-6-8-25(24)37-32(33)45)40(4)30(43)27(16-21-9-11-22(34)12-10-21)36-29(42)26-13-14-39(3)38-26/h5-14,20,23,27-28H,15-17,19H2,1-4H3,(H,36,42)(H,37,45)/t23-,27-,28-,33-/m0/s1. The number of amides is 4. The summed E-state index contributed by atoms with van der Waals surface area (Å²) < 4.78 is 15.1. The first-order valence-corrected chi connectivity index (χ1v) is 14.9. The van der Waals surface area contributed by atoms with Crippen LogP contribution in [0.1, 0.15) is 48.3 Å². The lowest BCUT2D eigenvalue weighted by Gasteiger charge is -2.35. The number of hydrogen-bond acceptors (Lipinski definition) is 6. The van der Waals surface area contributed by atoms with Gasteiger partial charge in [-0.15, -0.1) is 0 Å². The van der Waals surface area contributed by atoms with E-state index in [-0.39, 0.29) is 43.3 Å². The molecule has 4 amide bonds. The van der Waals surface area contributed by atoms with Gasteiger partial charge in [0.25, 0.3) is 5.91 Å². The molecule has 2 aliphatic heterocycles. The normalized spacial score (nSPS) is 20.0. The summed E-state index contributed by atoms with van der Waals surface area (Å²) in [5.41, 5.74) is 1.05. The Hall–Kier alpha value is -5.05. The molecule has 1 aromatic heterocycles. The molecule has 2 N–H and O–H groups in total. The van der Waals surface area contributed by atoms with Crippen LogP contribution in [0.25, 0.3) is 0 Å². The molecule has 3 heterocycles. The molecule has 234 valence electrons. The predicted molar refractivity (Wildman–Crippen MR) is 163 cm³/mol. The van der Waals surface area contributed by atoms with Crippen molar-refractivity contribution in [3.05, 3.63) is 83.4 Å². The molecule has 11 nitrogen and oxygen atoms in total. The number of aryl methyl sites for hydroxylation is 1. The average Bonchev–Trinajstić information content (AvgIpc) is 3.71. The SMILES string of the molecule is CC(C)C[C@@H](C(=O)N1C[C@]2(C[C@H]1C#N)C(=O)Nc1ccccc12)N(C)C(=O)[C@H](Cc1ccc(F)cc1)NC(=O)c1ccn(C)n1. The molecule has 2 aliphatic rings. The molecule has 2 aromatic carbocycles. The number of fused-ring (bicyclic) bond motifs is 2. The van der Waals surface area contributed by atoms with E-state index in [0.29, 0.717) is 11.3 Å². The van der Waals surface area contributed by atoms with Gasteiger partial charge in [-0.1, -0.05) is 44.2 Å². The molecular formula is C33H36FN7O4. The number of halogens is 1. The second-order valence-electron chi connectivity index (χ2n) is 12.2. The minimum absolute atomic E-state index is 0.00104. The monoisotopic (exact) mass is 613 g/mol. The number of nitrogens with zero attached hydrogens (tertiary/aromatic N) is 5. The van der Waals surface area contributed by atoms with Crippen LogP contribution >= 0.6 is 0 Å². The van der Waals surface area contributed by atoms with Gasteiger partial charge >= 0.3 is 0 Å². The Balaban J connectivity index is 1.44. The highest BCUT2D eigenvalue weighted by atomic mass is 19.1. The van der Waals surface area contributed by atoms with E-state index in [0.717, 1.165) is 5.56 Å². The van der Waals surface area contributed by atoms with E-state index in [4.69, 9.17) is 0 Å². The molecule has 1 spiro atoms. The Bertz CT molecular complexity index is 1660. The highest BCUT2D eigenvalue weighted by Crippen LogP contribution is 2.46. The summed E-state index contributed by atoms with van der Waals surface area (Å²) in [5.74, 6) is -2.27. The van der Waals surface area contributed by atoms with Gasteiger partial charge < -0.3 is 20.4 Å². The van der Waals surface area contributed by atoms with E-state index in [1.165, 1.54) is 51.9 Å². The second kappa shape index (κ2) is 12.5. The molecule has 1 saturated heterocycles. The molecule has 3 aromatic rings. The Morgan fingerprint density at radius 3 is 2.53 bits per heavy atom. The number of rotatable bonds is 9. The van der Waals surface area contributed by atoms with Crippen LogP contribution in [0.3, 0.4) is 0 Å². The fourth-order valence-electron chi connectivity index (χ4n) is 6.27. The molecule has 4 atom stereocenters. The van der Waals surface area contributed by atoms with Crippen LogP contribution in [0.2, 0.25) is 0 Å². The van der Waals surface area contributed by atoms with Crippen molar-refractivity contribution in [1.82, 2.24) is 24.9 Å². The third-order valence-electron chi connectivity index (χ3n) is 8.61. The van der Waals surface area contributed by atoms with Crippen molar-refractivity contribution in [3.63, 3.8) is 0 Å². The van der Waals surface area contributed by atoms with Crippen molar-refractivity contribution in [2.75, 3.05) is 18.9 Å². The maximum absolute atomic E-state index is 14.3. The number of para-hydroxylation sites is 1. The smallest absolute Gasteiger partial charge is 0.272 e. The quantitative estimate of drug-likeness (QED) is 0.381. The number of benzene rings is 2. The van der Waals surface area contributed by atoms with Crippen LogP contribution in [0.15, 0.2) is 60.8 Å². The number of nitriles is 1. The molecular weight excluding hydrogens is 577 g/mol. The Labute approximate surface area is 261 Å². The summed E-state index contributed by atoms with van der Waals surface area (Å²) in [7, 11) is 3.17. The van der Waals surface area contributed by atoms with Crippen molar-refractivity contribution in [2.24, 2.45) is 13.0 Å². The number of hydrogen-bond donors (Lipinski definition) is 2. The first kappa shape index (κ1) is 31.4. The number of nitrogens with one attached hydrogen (secondary N) is 2. The zero-order valence-electron chi connectivity index (χ0n) is 25.7. The number of anilines is 1. The number of carbonyl (C=O) groups excluding carboxylic acids is 4. The lowest BCUT2D eigenvalue weighted by molar-refractivity contribution is -0.146. The van der Waals surface area contributed by atoms with Crippen molar-refractivity contribution in [3.8, 4) is 6.07 Å². The summed E-state index contributed by atoms with van der Waals surface area (Å²) in [6, 6.07) is 13.6. The predicted octanol–water partition coefficient (Wildman–Crippen LogP) is 2.79. The van der Waals surface area contributed by atoms with E-state index >= 15 is 0 Å². The van der Waals surface area contributed by atoms with E-state index in [1.807, 2.05) is 32.0 Å². The van der Waals surface area contributed by atoms with E-state index in [9.17, 15) is 28.8 Å². The van der Waals surface area contributed by atoms with Gasteiger partial charge in [0.15, 0.2) is 0 Å². The van der Waals surface area contributed by atoms with Gasteiger partial charge in [0.1, 0.15) is 29.6 Å². The zero-order valence-corrected chi connectivity index (χ0v) is 25.7. The maximum atomic E-state index is 14.3. The minimum atomic E-state index is -1.11. The van der Waals surface area contributed by atoms with Gasteiger partial charge in [0.2, 0.25) is 17.7 Å². The van der Waals surface area contributed by atoms with Crippen molar-refractivity contribution in [2.45, 2.75) is 56.7 Å². The molecule has 0 radical (unpaired) electrons. The van der Waals surface area contributed by atoms with Gasteiger partial charge in [0, 0.05) is 45.4 Å². The van der Waals surface area contributed by atoms with Gasteiger partial charge in [-0.3, -0.25) is 23.9 Å².